The fourth-order valence-corrected chi connectivity index (χ4v) is 2.62. The normalized spacial score (nSPS) is 35.9. The first kappa shape index (κ1) is 7.84. The van der Waals surface area contributed by atoms with Gasteiger partial charge in [0.15, 0.2) is 0 Å². The van der Waals surface area contributed by atoms with Crippen LogP contribution in [0.1, 0.15) is 24.8 Å². The molecule has 0 N–H and O–H groups in total. The van der Waals surface area contributed by atoms with Crippen molar-refractivity contribution in [2.45, 2.75) is 31.0 Å². The summed E-state index contributed by atoms with van der Waals surface area (Å²) in [5.74, 6) is 0. The van der Waals surface area contributed by atoms with Gasteiger partial charge in [-0.3, -0.25) is 0 Å². The Hall–Kier alpha value is -0.530. The number of halogens is 1. The van der Waals surface area contributed by atoms with Gasteiger partial charge in [0.1, 0.15) is 5.60 Å². The van der Waals surface area contributed by atoms with Gasteiger partial charge in [0.2, 0.25) is 0 Å². The molecule has 0 bridgehead atoms. The number of ether oxygens (including phenoxy) is 1. The second kappa shape index (κ2) is 2.49. The molecule has 2 fully saturated rings. The summed E-state index contributed by atoms with van der Waals surface area (Å²) in [5, 5.41) is 0.813. The Morgan fingerprint density at radius 2 is 2.38 bits per heavy atom. The van der Waals surface area contributed by atoms with E-state index in [2.05, 4.69) is 6.07 Å². The molecule has 13 heavy (non-hydrogen) atoms. The molecule has 2 unspecified atom stereocenters. The monoisotopic (exact) mass is 194 g/mol. The quantitative estimate of drug-likeness (QED) is 0.626. The lowest BCUT2D eigenvalue weighted by Gasteiger charge is -2.08. The minimum Gasteiger partial charge on any atom is -0.361 e. The second-order valence-electron chi connectivity index (χ2n) is 3.90. The van der Waals surface area contributed by atoms with E-state index in [1.165, 1.54) is 18.4 Å². The van der Waals surface area contributed by atoms with Crippen molar-refractivity contribution in [3.05, 3.63) is 34.9 Å². The van der Waals surface area contributed by atoms with E-state index < -0.39 is 0 Å². The maximum atomic E-state index is 5.95. The van der Waals surface area contributed by atoms with Crippen molar-refractivity contribution < 1.29 is 4.74 Å². The van der Waals surface area contributed by atoms with Gasteiger partial charge in [-0.05, 0) is 37.0 Å². The fourth-order valence-electron chi connectivity index (χ4n) is 2.43. The number of hydrogen-bond donors (Lipinski definition) is 0. The molecule has 1 aromatic carbocycles. The summed E-state index contributed by atoms with van der Waals surface area (Å²) in [7, 11) is 0. The van der Waals surface area contributed by atoms with Crippen LogP contribution in [-0.2, 0) is 10.3 Å². The fraction of sp³-hybridized carbons (Fsp3) is 0.455. The molecule has 1 aromatic rings. The highest BCUT2D eigenvalue weighted by Crippen LogP contribution is 2.57. The summed E-state index contributed by atoms with van der Waals surface area (Å²) >= 11 is 5.95. The molecule has 1 aliphatic heterocycles. The van der Waals surface area contributed by atoms with Crippen LogP contribution in [0.5, 0.6) is 0 Å². The van der Waals surface area contributed by atoms with E-state index in [0.29, 0.717) is 6.10 Å². The zero-order valence-corrected chi connectivity index (χ0v) is 8.05. The van der Waals surface area contributed by atoms with Gasteiger partial charge in [-0.1, -0.05) is 23.7 Å². The van der Waals surface area contributed by atoms with E-state index >= 15 is 0 Å². The molecule has 0 radical (unpaired) electrons. The van der Waals surface area contributed by atoms with Crippen LogP contribution in [0.25, 0.3) is 0 Å². The molecule has 0 spiro atoms. The third-order valence-corrected chi connectivity index (χ3v) is 3.38. The molecule has 1 nitrogen and oxygen atoms in total. The van der Waals surface area contributed by atoms with Gasteiger partial charge in [-0.15, -0.1) is 0 Å². The van der Waals surface area contributed by atoms with Gasteiger partial charge in [-0.25, -0.2) is 0 Å². The Balaban J connectivity index is 2.01. The summed E-state index contributed by atoms with van der Waals surface area (Å²) in [4.78, 5) is 0. The number of epoxide rings is 1. The van der Waals surface area contributed by atoms with Gasteiger partial charge >= 0.3 is 0 Å². The summed E-state index contributed by atoms with van der Waals surface area (Å²) in [5.41, 5.74) is 1.33. The largest absolute Gasteiger partial charge is 0.361 e. The second-order valence-corrected chi connectivity index (χ2v) is 4.33. The smallest absolute Gasteiger partial charge is 0.120 e. The predicted octanol–water partition coefficient (Wildman–Crippen LogP) is 3.12. The Morgan fingerprint density at radius 1 is 1.46 bits per heavy atom. The third-order valence-electron chi connectivity index (χ3n) is 3.14. The van der Waals surface area contributed by atoms with Gasteiger partial charge < -0.3 is 4.74 Å². The first-order valence-electron chi connectivity index (χ1n) is 4.75. The van der Waals surface area contributed by atoms with E-state index in [-0.39, 0.29) is 5.60 Å². The number of benzene rings is 1. The van der Waals surface area contributed by atoms with Crippen LogP contribution in [0.4, 0.5) is 0 Å². The molecular formula is C11H11ClO. The van der Waals surface area contributed by atoms with Gasteiger partial charge in [0, 0.05) is 5.02 Å². The van der Waals surface area contributed by atoms with Crippen LogP contribution >= 0.6 is 11.6 Å². The molecule has 1 saturated heterocycles. The summed E-state index contributed by atoms with van der Waals surface area (Å²) in [6.45, 7) is 0. The van der Waals surface area contributed by atoms with Crippen molar-refractivity contribution in [2.24, 2.45) is 0 Å². The molecule has 0 aromatic heterocycles. The average molecular weight is 195 g/mol. The Kier molecular flexibility index (Phi) is 1.50. The van der Waals surface area contributed by atoms with Crippen LogP contribution in [0.2, 0.25) is 5.02 Å². The molecule has 1 aliphatic carbocycles. The van der Waals surface area contributed by atoms with Crippen molar-refractivity contribution in [2.75, 3.05) is 0 Å². The van der Waals surface area contributed by atoms with Gasteiger partial charge in [0.05, 0.1) is 6.10 Å². The van der Waals surface area contributed by atoms with E-state index in [1.54, 1.807) is 0 Å². The lowest BCUT2D eigenvalue weighted by atomic mass is 9.97. The van der Waals surface area contributed by atoms with Crippen molar-refractivity contribution in [1.82, 2.24) is 0 Å². The highest BCUT2D eigenvalue weighted by molar-refractivity contribution is 6.30. The standard InChI is InChI=1S/C11H11ClO/c12-9-4-1-3-8(7-9)11-6-2-5-10(11)13-11/h1,3-4,7,10H,2,5-6H2. The van der Waals surface area contributed by atoms with E-state index in [4.69, 9.17) is 16.3 Å². The first-order valence-corrected chi connectivity index (χ1v) is 5.13. The molecular weight excluding hydrogens is 184 g/mol. The highest BCUT2D eigenvalue weighted by Gasteiger charge is 2.60. The molecule has 3 rings (SSSR count). The van der Waals surface area contributed by atoms with E-state index in [9.17, 15) is 0 Å². The maximum absolute atomic E-state index is 5.95. The first-order chi connectivity index (χ1) is 6.31. The SMILES string of the molecule is Clc1cccc(C23CCCC2O3)c1. The zero-order valence-electron chi connectivity index (χ0n) is 7.29. The minimum absolute atomic E-state index is 0.0604. The molecule has 1 saturated carbocycles. The van der Waals surface area contributed by atoms with E-state index in [0.717, 1.165) is 11.4 Å². The molecule has 68 valence electrons. The molecule has 2 atom stereocenters. The van der Waals surface area contributed by atoms with Gasteiger partial charge in [0.25, 0.3) is 0 Å². The Morgan fingerprint density at radius 3 is 3.00 bits per heavy atom. The van der Waals surface area contributed by atoms with Crippen LogP contribution in [0.15, 0.2) is 24.3 Å². The van der Waals surface area contributed by atoms with Crippen LogP contribution in [0, 0.1) is 0 Å². The maximum Gasteiger partial charge on any atom is 0.120 e. The van der Waals surface area contributed by atoms with E-state index in [1.807, 2.05) is 18.2 Å². The number of fused-ring (bicyclic) bond motifs is 1. The summed E-state index contributed by atoms with van der Waals surface area (Å²) in [6, 6.07) is 8.07. The third kappa shape index (κ3) is 1.04. The Labute approximate surface area is 82.7 Å². The minimum atomic E-state index is 0.0604. The lowest BCUT2D eigenvalue weighted by Crippen LogP contribution is -2.06. The van der Waals surface area contributed by atoms with Gasteiger partial charge in [-0.2, -0.15) is 0 Å². The van der Waals surface area contributed by atoms with Crippen molar-refractivity contribution in [3.8, 4) is 0 Å². The Bertz CT molecular complexity index is 350. The topological polar surface area (TPSA) is 12.5 Å². The highest BCUT2D eigenvalue weighted by atomic mass is 35.5. The molecule has 1 heterocycles. The van der Waals surface area contributed by atoms with Crippen LogP contribution in [-0.4, -0.2) is 6.10 Å². The number of rotatable bonds is 1. The number of hydrogen-bond acceptors (Lipinski definition) is 1. The summed E-state index contributed by atoms with van der Waals surface area (Å²) in [6.07, 6.45) is 4.15. The van der Waals surface area contributed by atoms with Crippen molar-refractivity contribution in [3.63, 3.8) is 0 Å². The average Bonchev–Trinajstić information content (AvgIpc) is 2.70. The van der Waals surface area contributed by atoms with Crippen LogP contribution in [0.3, 0.4) is 0 Å². The zero-order chi connectivity index (χ0) is 8.89. The van der Waals surface area contributed by atoms with Crippen molar-refractivity contribution in [1.29, 1.82) is 0 Å². The lowest BCUT2D eigenvalue weighted by molar-refractivity contribution is 0.253. The molecule has 2 heteroatoms. The predicted molar refractivity (Wildman–Crippen MR) is 51.9 cm³/mol. The van der Waals surface area contributed by atoms with Crippen molar-refractivity contribution >= 4 is 11.6 Å². The molecule has 0 amide bonds. The van der Waals surface area contributed by atoms with Crippen LogP contribution < -0.4 is 0 Å². The molecule has 2 aliphatic rings. The summed E-state index contributed by atoms with van der Waals surface area (Å²) < 4.78 is 5.72.